The minimum absolute atomic E-state index is 0.124. The fraction of sp³-hybridized carbons (Fsp3) is 0.611. The number of carbonyl (C=O) groups excluding carboxylic acids is 1. The van der Waals surface area contributed by atoms with Crippen molar-refractivity contribution in [2.75, 3.05) is 31.2 Å². The van der Waals surface area contributed by atoms with Gasteiger partial charge in [-0.2, -0.15) is 5.10 Å². The number of anilines is 1. The fourth-order valence-electron chi connectivity index (χ4n) is 3.38. The van der Waals surface area contributed by atoms with Gasteiger partial charge in [-0.15, -0.1) is 11.3 Å². The maximum absolute atomic E-state index is 12.2. The average Bonchev–Trinajstić information content (AvgIpc) is 3.00. The van der Waals surface area contributed by atoms with Gasteiger partial charge in [0.15, 0.2) is 5.13 Å². The Hall–Kier alpha value is -1.73. The van der Waals surface area contributed by atoms with Crippen LogP contribution in [0.2, 0.25) is 0 Å². The van der Waals surface area contributed by atoms with Gasteiger partial charge in [-0.05, 0) is 31.3 Å². The van der Waals surface area contributed by atoms with Crippen molar-refractivity contribution < 1.29 is 9.53 Å². The molecule has 0 atom stereocenters. The first kappa shape index (κ1) is 18.1. The molecule has 1 amide bonds. The van der Waals surface area contributed by atoms with Gasteiger partial charge in [0.25, 0.3) is 0 Å². The summed E-state index contributed by atoms with van der Waals surface area (Å²) in [6.45, 7) is 9.74. The van der Waals surface area contributed by atoms with E-state index in [-0.39, 0.29) is 17.7 Å². The predicted molar refractivity (Wildman–Crippen MR) is 101 cm³/mol. The zero-order chi connectivity index (χ0) is 17.9. The van der Waals surface area contributed by atoms with Gasteiger partial charge in [-0.1, -0.05) is 19.4 Å². The number of aromatic nitrogens is 1. The molecule has 0 spiro atoms. The number of nitrogens with one attached hydrogen (secondary N) is 1. The number of carbonyl (C=O) groups is 1. The molecule has 0 unspecified atom stereocenters. The molecule has 1 aromatic heterocycles. The van der Waals surface area contributed by atoms with Gasteiger partial charge in [-0.3, -0.25) is 4.79 Å². The summed E-state index contributed by atoms with van der Waals surface area (Å²) in [5, 5.41) is 7.22. The second kappa shape index (κ2) is 7.66. The van der Waals surface area contributed by atoms with Crippen LogP contribution in [0.25, 0.3) is 0 Å². The molecule has 6 nitrogen and oxygen atoms in total. The van der Waals surface area contributed by atoms with Crippen LogP contribution in [0.3, 0.4) is 0 Å². The van der Waals surface area contributed by atoms with Crippen LogP contribution < -0.4 is 10.3 Å². The van der Waals surface area contributed by atoms with E-state index in [9.17, 15) is 4.79 Å². The third kappa shape index (κ3) is 5.12. The standard InChI is InChI=1S/C18H26N4O2S/c1-13-8-14(11-18(2,3)10-13)20-21-16(23)9-15-12-25-17(19-15)22-4-6-24-7-5-22/h8,12H,4-7,9-11H2,1-3H3,(H,21,23)/b20-14+. The molecule has 25 heavy (non-hydrogen) atoms. The van der Waals surface area contributed by atoms with Crippen molar-refractivity contribution in [3.05, 3.63) is 22.7 Å². The lowest BCUT2D eigenvalue weighted by molar-refractivity contribution is -0.120. The maximum Gasteiger partial charge on any atom is 0.246 e. The quantitative estimate of drug-likeness (QED) is 0.837. The first-order chi connectivity index (χ1) is 11.9. The summed E-state index contributed by atoms with van der Waals surface area (Å²) in [7, 11) is 0. The highest BCUT2D eigenvalue weighted by atomic mass is 32.1. The van der Waals surface area contributed by atoms with Crippen molar-refractivity contribution in [3.8, 4) is 0 Å². The molecule has 136 valence electrons. The monoisotopic (exact) mass is 362 g/mol. The van der Waals surface area contributed by atoms with Crippen molar-refractivity contribution in [3.63, 3.8) is 0 Å². The zero-order valence-corrected chi connectivity index (χ0v) is 16.0. The van der Waals surface area contributed by atoms with Gasteiger partial charge >= 0.3 is 0 Å². The molecule has 7 heteroatoms. The largest absolute Gasteiger partial charge is 0.378 e. The number of rotatable bonds is 4. The van der Waals surface area contributed by atoms with Crippen molar-refractivity contribution in [2.24, 2.45) is 10.5 Å². The summed E-state index contributed by atoms with van der Waals surface area (Å²) in [6, 6.07) is 0. The highest BCUT2D eigenvalue weighted by Crippen LogP contribution is 2.33. The summed E-state index contributed by atoms with van der Waals surface area (Å²) >= 11 is 1.58. The van der Waals surface area contributed by atoms with Crippen LogP contribution in [0.4, 0.5) is 5.13 Å². The highest BCUT2D eigenvalue weighted by Gasteiger charge is 2.24. The maximum atomic E-state index is 12.2. The lowest BCUT2D eigenvalue weighted by Gasteiger charge is -2.29. The molecule has 1 aliphatic heterocycles. The highest BCUT2D eigenvalue weighted by molar-refractivity contribution is 7.13. The van der Waals surface area contributed by atoms with Crippen molar-refractivity contribution >= 4 is 28.1 Å². The lowest BCUT2D eigenvalue weighted by atomic mass is 9.77. The van der Waals surface area contributed by atoms with Gasteiger partial charge in [0, 0.05) is 18.5 Å². The van der Waals surface area contributed by atoms with Gasteiger partial charge < -0.3 is 9.64 Å². The smallest absolute Gasteiger partial charge is 0.246 e. The molecule has 0 aromatic carbocycles. The van der Waals surface area contributed by atoms with Crippen LogP contribution >= 0.6 is 11.3 Å². The van der Waals surface area contributed by atoms with Gasteiger partial charge in [0.2, 0.25) is 5.91 Å². The molecule has 1 fully saturated rings. The van der Waals surface area contributed by atoms with E-state index < -0.39 is 0 Å². The first-order valence-electron chi connectivity index (χ1n) is 8.71. The number of amides is 1. The molecule has 3 rings (SSSR count). The second-order valence-corrected chi connectivity index (χ2v) is 8.38. The number of thiazole rings is 1. The molecule has 1 aromatic rings. The summed E-state index contributed by atoms with van der Waals surface area (Å²) < 4.78 is 5.36. The Morgan fingerprint density at radius 1 is 1.40 bits per heavy atom. The zero-order valence-electron chi connectivity index (χ0n) is 15.2. The third-order valence-corrected chi connectivity index (χ3v) is 5.27. The number of hydrogen-bond donors (Lipinski definition) is 1. The average molecular weight is 362 g/mol. The summed E-state index contributed by atoms with van der Waals surface area (Å²) in [4.78, 5) is 18.9. The predicted octanol–water partition coefficient (Wildman–Crippen LogP) is 2.76. The van der Waals surface area contributed by atoms with Crippen LogP contribution in [-0.4, -0.2) is 42.9 Å². The summed E-state index contributed by atoms with van der Waals surface area (Å²) in [5.41, 5.74) is 5.92. The molecule has 1 aliphatic carbocycles. The molecular formula is C18H26N4O2S. The van der Waals surface area contributed by atoms with Gasteiger partial charge in [0.1, 0.15) is 0 Å². The Morgan fingerprint density at radius 2 is 2.16 bits per heavy atom. The number of morpholine rings is 1. The van der Waals surface area contributed by atoms with E-state index in [4.69, 9.17) is 4.74 Å². The van der Waals surface area contributed by atoms with E-state index >= 15 is 0 Å². The summed E-state index contributed by atoms with van der Waals surface area (Å²) in [5.74, 6) is -0.124. The van der Waals surface area contributed by atoms with E-state index in [1.165, 1.54) is 5.57 Å². The molecule has 0 bridgehead atoms. The Morgan fingerprint density at radius 3 is 2.88 bits per heavy atom. The van der Waals surface area contributed by atoms with Crippen LogP contribution in [-0.2, 0) is 16.0 Å². The Balaban J connectivity index is 1.55. The van der Waals surface area contributed by atoms with Crippen LogP contribution in [0.1, 0.15) is 39.3 Å². The summed E-state index contributed by atoms with van der Waals surface area (Å²) in [6.07, 6.45) is 4.28. The Labute approximate surface area is 153 Å². The molecule has 1 saturated heterocycles. The van der Waals surface area contributed by atoms with Crippen molar-refractivity contribution in [2.45, 2.75) is 40.0 Å². The number of allylic oxidation sites excluding steroid dienone is 2. The van der Waals surface area contributed by atoms with E-state index in [1.54, 1.807) is 11.3 Å². The fourth-order valence-corrected chi connectivity index (χ4v) is 4.26. The van der Waals surface area contributed by atoms with Gasteiger partial charge in [0.05, 0.1) is 31.0 Å². The molecule has 0 saturated carbocycles. The second-order valence-electron chi connectivity index (χ2n) is 7.54. The lowest BCUT2D eigenvalue weighted by Crippen LogP contribution is -2.36. The molecular weight excluding hydrogens is 336 g/mol. The van der Waals surface area contributed by atoms with Crippen LogP contribution in [0.15, 0.2) is 22.1 Å². The van der Waals surface area contributed by atoms with Gasteiger partial charge in [-0.25, -0.2) is 10.4 Å². The Kier molecular flexibility index (Phi) is 5.54. The molecule has 0 radical (unpaired) electrons. The van der Waals surface area contributed by atoms with E-state index in [0.717, 1.165) is 55.7 Å². The minimum Gasteiger partial charge on any atom is -0.378 e. The number of ether oxygens (including phenoxy) is 1. The molecule has 1 N–H and O–H groups in total. The van der Waals surface area contributed by atoms with Crippen molar-refractivity contribution in [1.29, 1.82) is 0 Å². The van der Waals surface area contributed by atoms with E-state index in [0.29, 0.717) is 0 Å². The first-order valence-corrected chi connectivity index (χ1v) is 9.59. The number of hydrazone groups is 1. The van der Waals surface area contributed by atoms with Crippen LogP contribution in [0, 0.1) is 5.41 Å². The number of hydrogen-bond acceptors (Lipinski definition) is 6. The molecule has 2 heterocycles. The Bertz CT molecular complexity index is 687. The van der Waals surface area contributed by atoms with Crippen LogP contribution in [0.5, 0.6) is 0 Å². The minimum atomic E-state index is -0.124. The third-order valence-electron chi connectivity index (χ3n) is 4.32. The van der Waals surface area contributed by atoms with Crippen molar-refractivity contribution in [1.82, 2.24) is 10.4 Å². The van der Waals surface area contributed by atoms with E-state index in [1.807, 2.05) is 5.38 Å². The molecule has 2 aliphatic rings. The normalized spacial score (nSPS) is 22.0. The topological polar surface area (TPSA) is 66.8 Å². The number of nitrogens with zero attached hydrogens (tertiary/aromatic N) is 3. The SMILES string of the molecule is CC1=C/C(=N\NC(=O)Cc2csc(N3CCOCC3)n2)CC(C)(C)C1. The van der Waals surface area contributed by atoms with E-state index in [2.05, 4.69) is 47.3 Å².